The van der Waals surface area contributed by atoms with Crippen molar-refractivity contribution in [2.24, 2.45) is 5.41 Å². The van der Waals surface area contributed by atoms with Crippen molar-refractivity contribution in [1.29, 1.82) is 0 Å². The van der Waals surface area contributed by atoms with Gasteiger partial charge in [0.2, 0.25) is 5.91 Å². The molecule has 0 bridgehead atoms. The molecule has 0 aromatic carbocycles. The van der Waals surface area contributed by atoms with Crippen LogP contribution in [-0.4, -0.2) is 23.5 Å². The zero-order chi connectivity index (χ0) is 13.8. The molecular formula is C13H19NO3S. The molecule has 1 heterocycles. The van der Waals surface area contributed by atoms with E-state index < -0.39 is 11.4 Å². The number of carboxylic acid groups (broad SMARTS) is 1. The summed E-state index contributed by atoms with van der Waals surface area (Å²) < 4.78 is 0. The van der Waals surface area contributed by atoms with Gasteiger partial charge in [-0.2, -0.15) is 11.3 Å². The van der Waals surface area contributed by atoms with E-state index in [1.165, 1.54) is 0 Å². The van der Waals surface area contributed by atoms with Gasteiger partial charge in [0.15, 0.2) is 0 Å². The summed E-state index contributed by atoms with van der Waals surface area (Å²) in [5.74, 6) is -1.10. The van der Waals surface area contributed by atoms with Crippen LogP contribution in [0.15, 0.2) is 16.8 Å². The van der Waals surface area contributed by atoms with Gasteiger partial charge in [-0.15, -0.1) is 0 Å². The highest BCUT2D eigenvalue weighted by Crippen LogP contribution is 2.20. The second-order valence-corrected chi connectivity index (χ2v) is 5.79. The Labute approximate surface area is 111 Å². The first-order valence-electron chi connectivity index (χ1n) is 5.88. The number of carbonyl (C=O) groups excluding carboxylic acids is 1. The number of hydrogen-bond donors (Lipinski definition) is 2. The van der Waals surface area contributed by atoms with Gasteiger partial charge in [0, 0.05) is 6.54 Å². The van der Waals surface area contributed by atoms with E-state index in [1.54, 1.807) is 25.2 Å². The summed E-state index contributed by atoms with van der Waals surface area (Å²) in [6, 6.07) is 1.93. The number of amides is 1. The fourth-order valence-electron chi connectivity index (χ4n) is 1.43. The lowest BCUT2D eigenvalue weighted by Gasteiger charge is -2.19. The van der Waals surface area contributed by atoms with Gasteiger partial charge in [-0.1, -0.05) is 0 Å². The largest absolute Gasteiger partial charge is 0.481 e. The second kappa shape index (κ2) is 6.00. The van der Waals surface area contributed by atoms with Gasteiger partial charge in [0.1, 0.15) is 0 Å². The molecule has 0 saturated carbocycles. The average molecular weight is 269 g/mol. The van der Waals surface area contributed by atoms with Crippen molar-refractivity contribution < 1.29 is 14.7 Å². The quantitative estimate of drug-likeness (QED) is 0.833. The van der Waals surface area contributed by atoms with Crippen molar-refractivity contribution in [2.75, 3.05) is 6.54 Å². The highest BCUT2D eigenvalue weighted by molar-refractivity contribution is 7.08. The molecule has 0 aliphatic rings. The summed E-state index contributed by atoms with van der Waals surface area (Å²) in [7, 11) is 0. The zero-order valence-corrected chi connectivity index (χ0v) is 11.7. The highest BCUT2D eigenvalue weighted by atomic mass is 32.1. The van der Waals surface area contributed by atoms with Crippen LogP contribution in [0.4, 0.5) is 0 Å². The number of carboxylic acids is 1. The zero-order valence-electron chi connectivity index (χ0n) is 10.9. The number of thiophene rings is 1. The Bertz CT molecular complexity index is 412. The first-order chi connectivity index (χ1) is 8.34. The molecule has 1 rings (SSSR count). The lowest BCUT2D eigenvalue weighted by atomic mass is 9.89. The molecule has 1 atom stereocenters. The lowest BCUT2D eigenvalue weighted by Crippen LogP contribution is -2.33. The van der Waals surface area contributed by atoms with E-state index in [1.807, 2.05) is 23.8 Å². The Morgan fingerprint density at radius 3 is 2.67 bits per heavy atom. The van der Waals surface area contributed by atoms with Crippen LogP contribution in [0.5, 0.6) is 0 Å². The summed E-state index contributed by atoms with van der Waals surface area (Å²) >= 11 is 1.56. The third-order valence-corrected chi connectivity index (χ3v) is 3.77. The molecule has 1 amide bonds. The molecule has 5 heteroatoms. The molecule has 2 N–H and O–H groups in total. The summed E-state index contributed by atoms with van der Waals surface area (Å²) in [4.78, 5) is 22.7. The van der Waals surface area contributed by atoms with Gasteiger partial charge in [-0.3, -0.25) is 9.59 Å². The third kappa shape index (κ3) is 3.84. The van der Waals surface area contributed by atoms with E-state index in [0.717, 1.165) is 5.56 Å². The SMILES string of the molecule is CC(C(=O)NCCC(C)(C)C(=O)O)c1ccsc1. The maximum atomic E-state index is 11.8. The third-order valence-electron chi connectivity index (χ3n) is 3.06. The Morgan fingerprint density at radius 1 is 1.50 bits per heavy atom. The van der Waals surface area contributed by atoms with Gasteiger partial charge < -0.3 is 10.4 Å². The minimum absolute atomic E-state index is 0.0606. The summed E-state index contributed by atoms with van der Waals surface area (Å²) in [6.07, 6.45) is 0.421. The molecule has 4 nitrogen and oxygen atoms in total. The monoisotopic (exact) mass is 269 g/mol. The molecule has 1 unspecified atom stereocenters. The number of carbonyl (C=O) groups is 2. The van der Waals surface area contributed by atoms with Crippen molar-refractivity contribution in [3.63, 3.8) is 0 Å². The normalized spacial score (nSPS) is 13.1. The molecule has 0 radical (unpaired) electrons. The maximum Gasteiger partial charge on any atom is 0.309 e. The number of rotatable bonds is 6. The van der Waals surface area contributed by atoms with Crippen LogP contribution in [0, 0.1) is 5.41 Å². The number of aliphatic carboxylic acids is 1. The molecule has 1 aromatic heterocycles. The van der Waals surface area contributed by atoms with Crippen LogP contribution in [0.2, 0.25) is 0 Å². The fraction of sp³-hybridized carbons (Fsp3) is 0.538. The van der Waals surface area contributed by atoms with Crippen LogP contribution in [0.1, 0.15) is 38.7 Å². The number of nitrogens with one attached hydrogen (secondary N) is 1. The van der Waals surface area contributed by atoms with E-state index in [2.05, 4.69) is 5.32 Å². The van der Waals surface area contributed by atoms with Crippen LogP contribution in [0.3, 0.4) is 0 Å². The Morgan fingerprint density at radius 2 is 2.17 bits per heavy atom. The fourth-order valence-corrected chi connectivity index (χ4v) is 2.19. The van der Waals surface area contributed by atoms with Crippen molar-refractivity contribution in [2.45, 2.75) is 33.1 Å². The molecule has 0 aliphatic carbocycles. The number of hydrogen-bond acceptors (Lipinski definition) is 3. The second-order valence-electron chi connectivity index (χ2n) is 5.01. The minimum Gasteiger partial charge on any atom is -0.481 e. The van der Waals surface area contributed by atoms with E-state index in [9.17, 15) is 9.59 Å². The highest BCUT2D eigenvalue weighted by Gasteiger charge is 2.27. The van der Waals surface area contributed by atoms with E-state index in [4.69, 9.17) is 5.11 Å². The predicted octanol–water partition coefficient (Wildman–Crippen LogP) is 2.47. The Kier molecular flexibility index (Phi) is 4.90. The van der Waals surface area contributed by atoms with E-state index >= 15 is 0 Å². The smallest absolute Gasteiger partial charge is 0.309 e. The lowest BCUT2D eigenvalue weighted by molar-refractivity contribution is -0.147. The van der Waals surface area contributed by atoms with Gasteiger partial charge in [0.05, 0.1) is 11.3 Å². The topological polar surface area (TPSA) is 66.4 Å². The first kappa shape index (κ1) is 14.7. The van der Waals surface area contributed by atoms with E-state index in [-0.39, 0.29) is 11.8 Å². The molecule has 18 heavy (non-hydrogen) atoms. The molecule has 0 aliphatic heterocycles. The van der Waals surface area contributed by atoms with E-state index in [0.29, 0.717) is 13.0 Å². The summed E-state index contributed by atoms with van der Waals surface area (Å²) in [5, 5.41) is 15.6. The summed E-state index contributed by atoms with van der Waals surface area (Å²) in [6.45, 7) is 5.54. The molecule has 0 fully saturated rings. The molecule has 1 aromatic rings. The maximum absolute atomic E-state index is 11.8. The minimum atomic E-state index is -0.845. The van der Waals surface area contributed by atoms with Crippen LogP contribution in [0.25, 0.3) is 0 Å². The van der Waals surface area contributed by atoms with Crippen LogP contribution in [-0.2, 0) is 9.59 Å². The molecule has 0 spiro atoms. The predicted molar refractivity (Wildman–Crippen MR) is 71.8 cm³/mol. The summed E-state index contributed by atoms with van der Waals surface area (Å²) in [5.41, 5.74) is 0.189. The van der Waals surface area contributed by atoms with Crippen molar-refractivity contribution >= 4 is 23.2 Å². The van der Waals surface area contributed by atoms with Gasteiger partial charge in [-0.05, 0) is 49.6 Å². The Hall–Kier alpha value is -1.36. The first-order valence-corrected chi connectivity index (χ1v) is 6.82. The van der Waals surface area contributed by atoms with Crippen LogP contribution >= 0.6 is 11.3 Å². The van der Waals surface area contributed by atoms with Crippen molar-refractivity contribution in [3.05, 3.63) is 22.4 Å². The van der Waals surface area contributed by atoms with Crippen LogP contribution < -0.4 is 5.32 Å². The van der Waals surface area contributed by atoms with Gasteiger partial charge in [0.25, 0.3) is 0 Å². The molecular weight excluding hydrogens is 250 g/mol. The Balaban J connectivity index is 2.41. The molecule has 0 saturated heterocycles. The standard InChI is InChI=1S/C13H19NO3S/c1-9(10-4-7-18-8-10)11(15)14-6-5-13(2,3)12(16)17/h4,7-9H,5-6H2,1-3H3,(H,14,15)(H,16,17). The van der Waals surface area contributed by atoms with Gasteiger partial charge >= 0.3 is 5.97 Å². The van der Waals surface area contributed by atoms with Crippen molar-refractivity contribution in [1.82, 2.24) is 5.32 Å². The average Bonchev–Trinajstić information content (AvgIpc) is 2.80. The molecule has 100 valence electrons. The van der Waals surface area contributed by atoms with Gasteiger partial charge in [-0.25, -0.2) is 0 Å². The van der Waals surface area contributed by atoms with Crippen molar-refractivity contribution in [3.8, 4) is 0 Å².